The number of benzene rings is 3. The van der Waals surface area contributed by atoms with Crippen LogP contribution in [0.1, 0.15) is 31.0 Å². The quantitative estimate of drug-likeness (QED) is 0.270. The number of carbonyl (C=O) groups is 2. The number of nitrogens with zero attached hydrogens (tertiary/aromatic N) is 2. The van der Waals surface area contributed by atoms with Crippen molar-refractivity contribution in [1.82, 2.24) is 4.57 Å². The minimum Gasteiger partial charge on any atom is -0.497 e. The largest absolute Gasteiger partial charge is 0.497 e. The number of hydrogen-bond donors (Lipinski definition) is 1. The molecule has 0 bridgehead atoms. The number of anilines is 1. The summed E-state index contributed by atoms with van der Waals surface area (Å²) in [6.07, 6.45) is 1.75. The first-order valence-electron chi connectivity index (χ1n) is 13.8. The lowest BCUT2D eigenvalue weighted by atomic mass is 9.94. The number of allylic oxidation sites excluding steroid dienone is 1. The van der Waals surface area contributed by atoms with E-state index in [1.54, 1.807) is 81.6 Å². The molecule has 1 atom stereocenters. The van der Waals surface area contributed by atoms with Crippen LogP contribution in [0.4, 0.5) is 5.69 Å². The molecule has 44 heavy (non-hydrogen) atoms. The van der Waals surface area contributed by atoms with E-state index in [9.17, 15) is 14.4 Å². The van der Waals surface area contributed by atoms with Gasteiger partial charge in [0.2, 0.25) is 0 Å². The molecule has 10 nitrogen and oxygen atoms in total. The third-order valence-electron chi connectivity index (χ3n) is 6.87. The Labute approximate surface area is 257 Å². The first kappa shape index (κ1) is 30.3. The molecule has 0 radical (unpaired) electrons. The summed E-state index contributed by atoms with van der Waals surface area (Å²) in [5.41, 5.74) is 2.46. The van der Waals surface area contributed by atoms with Crippen molar-refractivity contribution in [2.45, 2.75) is 19.9 Å². The zero-order valence-electron chi connectivity index (χ0n) is 24.7. The van der Waals surface area contributed by atoms with E-state index < -0.39 is 12.0 Å². The number of fused-ring (bicyclic) bond motifs is 1. The van der Waals surface area contributed by atoms with E-state index in [1.165, 1.54) is 23.0 Å². The van der Waals surface area contributed by atoms with E-state index in [0.717, 1.165) is 5.56 Å². The van der Waals surface area contributed by atoms with E-state index in [-0.39, 0.29) is 24.7 Å². The zero-order valence-corrected chi connectivity index (χ0v) is 25.5. The van der Waals surface area contributed by atoms with Gasteiger partial charge in [-0.1, -0.05) is 41.7 Å². The van der Waals surface area contributed by atoms with Gasteiger partial charge in [-0.05, 0) is 61.9 Å². The number of methoxy groups -OCH3 is 2. The smallest absolute Gasteiger partial charge is 0.344 e. The number of thiazole rings is 1. The van der Waals surface area contributed by atoms with Gasteiger partial charge in [-0.2, -0.15) is 0 Å². The van der Waals surface area contributed by atoms with Gasteiger partial charge >= 0.3 is 5.97 Å². The van der Waals surface area contributed by atoms with Crippen LogP contribution in [-0.4, -0.2) is 43.9 Å². The standard InChI is InChI=1S/C33H31N3O7S/c1-5-42-28(37)19-43-23-13-11-21(12-14-23)17-27-32(39)36-30(25-16-15-24(40-3)18-26(25)41-4)29(20(2)34-33(36)44-27)31(38)35-22-9-7-6-8-10-22/h6-18,30H,5,19H2,1-4H3,(H,35,38)/b27-17-/t30-/m1/s1. The van der Waals surface area contributed by atoms with Gasteiger partial charge in [0.15, 0.2) is 11.4 Å². The van der Waals surface area contributed by atoms with Gasteiger partial charge in [-0.25, -0.2) is 9.79 Å². The van der Waals surface area contributed by atoms with Crippen LogP contribution in [0.2, 0.25) is 0 Å². The second kappa shape index (κ2) is 13.4. The number of aromatic nitrogens is 1. The molecule has 11 heteroatoms. The van der Waals surface area contributed by atoms with Crippen molar-refractivity contribution in [2.75, 3.05) is 32.8 Å². The second-order valence-electron chi connectivity index (χ2n) is 9.67. The van der Waals surface area contributed by atoms with Gasteiger partial charge in [0.05, 0.1) is 36.6 Å². The first-order chi connectivity index (χ1) is 21.3. The molecule has 3 aromatic carbocycles. The molecule has 1 amide bonds. The molecule has 0 saturated heterocycles. The van der Waals surface area contributed by atoms with Crippen molar-refractivity contribution >= 4 is 35.0 Å². The highest BCUT2D eigenvalue weighted by molar-refractivity contribution is 7.07. The first-order valence-corrected chi connectivity index (χ1v) is 14.6. The lowest BCUT2D eigenvalue weighted by Crippen LogP contribution is -2.40. The van der Waals surface area contributed by atoms with Crippen LogP contribution in [0.3, 0.4) is 0 Å². The Bertz CT molecular complexity index is 1890. The minimum absolute atomic E-state index is 0.194. The topological polar surface area (TPSA) is 117 Å². The molecule has 1 aliphatic rings. The fourth-order valence-corrected chi connectivity index (χ4v) is 5.87. The summed E-state index contributed by atoms with van der Waals surface area (Å²) >= 11 is 1.23. The average molecular weight is 614 g/mol. The Morgan fingerprint density at radius 2 is 1.73 bits per heavy atom. The Hall–Kier alpha value is -5.16. The van der Waals surface area contributed by atoms with E-state index >= 15 is 0 Å². The Balaban J connectivity index is 1.57. The molecule has 1 N–H and O–H groups in total. The lowest BCUT2D eigenvalue weighted by Gasteiger charge is -2.26. The van der Waals surface area contributed by atoms with Crippen LogP contribution in [0, 0.1) is 0 Å². The van der Waals surface area contributed by atoms with Crippen LogP contribution in [0.5, 0.6) is 17.2 Å². The summed E-state index contributed by atoms with van der Waals surface area (Å²) in [5, 5.41) is 2.95. The fraction of sp³-hybridized carbons (Fsp3) is 0.212. The Morgan fingerprint density at radius 3 is 2.41 bits per heavy atom. The number of esters is 1. The van der Waals surface area contributed by atoms with Crippen LogP contribution in [0.15, 0.2) is 93.9 Å². The van der Waals surface area contributed by atoms with Gasteiger partial charge in [0, 0.05) is 17.3 Å². The van der Waals surface area contributed by atoms with Gasteiger partial charge in [0.25, 0.3) is 11.5 Å². The van der Waals surface area contributed by atoms with E-state index in [0.29, 0.717) is 49.1 Å². The predicted octanol–water partition coefficient (Wildman–Crippen LogP) is 3.83. The Kier molecular flexibility index (Phi) is 9.25. The normalized spacial score (nSPS) is 14.4. The molecule has 1 aliphatic heterocycles. The highest BCUT2D eigenvalue weighted by Gasteiger charge is 2.34. The summed E-state index contributed by atoms with van der Waals surface area (Å²) in [6.45, 7) is 3.58. The molecular weight excluding hydrogens is 582 g/mol. The molecule has 0 unspecified atom stereocenters. The van der Waals surface area contributed by atoms with Crippen molar-refractivity contribution in [1.29, 1.82) is 0 Å². The van der Waals surface area contributed by atoms with Crippen molar-refractivity contribution in [3.8, 4) is 17.2 Å². The molecule has 2 heterocycles. The number of hydrogen-bond acceptors (Lipinski definition) is 9. The highest BCUT2D eigenvalue weighted by Crippen LogP contribution is 2.37. The average Bonchev–Trinajstić information content (AvgIpc) is 3.33. The van der Waals surface area contributed by atoms with Gasteiger partial charge < -0.3 is 24.3 Å². The number of carbonyl (C=O) groups excluding carboxylic acids is 2. The molecule has 1 aromatic heterocycles. The minimum atomic E-state index is -0.823. The molecule has 0 aliphatic carbocycles. The highest BCUT2D eigenvalue weighted by atomic mass is 32.1. The number of para-hydroxylation sites is 1. The lowest BCUT2D eigenvalue weighted by molar-refractivity contribution is -0.145. The molecule has 0 fully saturated rings. The number of amides is 1. The third kappa shape index (κ3) is 6.42. The molecule has 0 saturated carbocycles. The maximum absolute atomic E-state index is 14.0. The van der Waals surface area contributed by atoms with Crippen LogP contribution in [0.25, 0.3) is 6.08 Å². The Morgan fingerprint density at radius 1 is 1.00 bits per heavy atom. The summed E-state index contributed by atoms with van der Waals surface area (Å²) < 4.78 is 23.4. The summed E-state index contributed by atoms with van der Waals surface area (Å²) in [7, 11) is 3.09. The second-order valence-corrected chi connectivity index (χ2v) is 10.7. The van der Waals surface area contributed by atoms with Gasteiger partial charge in [-0.15, -0.1) is 0 Å². The van der Waals surface area contributed by atoms with Gasteiger partial charge in [0.1, 0.15) is 23.3 Å². The summed E-state index contributed by atoms with van der Waals surface area (Å²) in [6, 6.07) is 20.5. The maximum Gasteiger partial charge on any atom is 0.344 e. The van der Waals surface area contributed by atoms with E-state index in [4.69, 9.17) is 23.9 Å². The molecule has 4 aromatic rings. The molecule has 226 valence electrons. The number of ether oxygens (including phenoxy) is 4. The van der Waals surface area contributed by atoms with E-state index in [1.807, 2.05) is 18.2 Å². The van der Waals surface area contributed by atoms with Crippen molar-refractivity contribution < 1.29 is 28.5 Å². The van der Waals surface area contributed by atoms with Crippen LogP contribution >= 0.6 is 11.3 Å². The monoisotopic (exact) mass is 613 g/mol. The van der Waals surface area contributed by atoms with Crippen molar-refractivity contribution in [2.24, 2.45) is 4.99 Å². The maximum atomic E-state index is 14.0. The van der Waals surface area contributed by atoms with Crippen molar-refractivity contribution in [3.05, 3.63) is 115 Å². The fourth-order valence-electron chi connectivity index (χ4n) is 4.83. The van der Waals surface area contributed by atoms with Crippen LogP contribution in [-0.2, 0) is 14.3 Å². The SMILES string of the molecule is CCOC(=O)COc1ccc(/C=c2\sc3n(c2=O)[C@H](c2ccc(OC)cc2OC)C(C(=O)Nc2ccccc2)=C(C)N=3)cc1. The summed E-state index contributed by atoms with van der Waals surface area (Å²) in [4.78, 5) is 44.6. The zero-order chi connectivity index (χ0) is 31.2. The number of nitrogens with one attached hydrogen (secondary N) is 1. The van der Waals surface area contributed by atoms with Crippen LogP contribution < -0.4 is 34.4 Å². The molecular formula is C33H31N3O7S. The third-order valence-corrected chi connectivity index (χ3v) is 7.86. The summed E-state index contributed by atoms with van der Waals surface area (Å²) in [5.74, 6) is 0.694. The van der Waals surface area contributed by atoms with Gasteiger partial charge in [-0.3, -0.25) is 14.2 Å². The number of rotatable bonds is 10. The molecule has 0 spiro atoms. The molecule has 5 rings (SSSR count). The van der Waals surface area contributed by atoms with Crippen molar-refractivity contribution in [3.63, 3.8) is 0 Å². The van der Waals surface area contributed by atoms with E-state index in [2.05, 4.69) is 5.32 Å². The predicted molar refractivity (Wildman–Crippen MR) is 167 cm³/mol.